The molecule has 0 aromatic heterocycles. The van der Waals surface area contributed by atoms with Gasteiger partial charge in [0.15, 0.2) is 0 Å². The van der Waals surface area contributed by atoms with Crippen molar-refractivity contribution in [3.05, 3.63) is 50.1 Å². The van der Waals surface area contributed by atoms with Crippen molar-refractivity contribution >= 4 is 5.71 Å². The van der Waals surface area contributed by atoms with Gasteiger partial charge >= 0.3 is 0 Å². The molecule has 70 valence electrons. The molecule has 0 spiro atoms. The van der Waals surface area contributed by atoms with Gasteiger partial charge in [0, 0.05) is 12.5 Å². The van der Waals surface area contributed by atoms with Crippen LogP contribution in [0.4, 0.5) is 0 Å². The first kappa shape index (κ1) is 11.6. The molecule has 0 aliphatic heterocycles. The van der Waals surface area contributed by atoms with E-state index in [0.29, 0.717) is 6.54 Å². The summed E-state index contributed by atoms with van der Waals surface area (Å²) < 4.78 is 0. The van der Waals surface area contributed by atoms with Crippen LogP contribution in [0.5, 0.6) is 0 Å². The highest BCUT2D eigenvalue weighted by molar-refractivity contribution is 6.03. The minimum Gasteiger partial charge on any atom is -0.284 e. The van der Waals surface area contributed by atoms with Crippen molar-refractivity contribution in [2.75, 3.05) is 6.54 Å². The van der Waals surface area contributed by atoms with Crippen LogP contribution in [0, 0.1) is 5.92 Å². The third-order valence-corrected chi connectivity index (χ3v) is 1.64. The molecule has 0 saturated heterocycles. The topological polar surface area (TPSA) is 12.4 Å². The van der Waals surface area contributed by atoms with Crippen LogP contribution in [0.25, 0.3) is 0 Å². The monoisotopic (exact) mass is 175 g/mol. The molecule has 0 heterocycles. The smallest absolute Gasteiger partial charge is 0.0565 e. The van der Waals surface area contributed by atoms with Gasteiger partial charge in [0.05, 0.1) is 5.71 Å². The van der Waals surface area contributed by atoms with E-state index >= 15 is 0 Å². The van der Waals surface area contributed by atoms with E-state index in [4.69, 9.17) is 0 Å². The van der Waals surface area contributed by atoms with Crippen molar-refractivity contribution in [3.63, 3.8) is 0 Å². The summed E-state index contributed by atoms with van der Waals surface area (Å²) in [7, 11) is 0. The molecule has 1 heteroatoms. The van der Waals surface area contributed by atoms with Gasteiger partial charge < -0.3 is 0 Å². The zero-order chi connectivity index (χ0) is 10.1. The van der Waals surface area contributed by atoms with E-state index in [1.165, 1.54) is 0 Å². The van der Waals surface area contributed by atoms with Crippen LogP contribution in [0.1, 0.15) is 6.92 Å². The summed E-state index contributed by atoms with van der Waals surface area (Å²) in [6, 6.07) is 0. The largest absolute Gasteiger partial charge is 0.284 e. The number of nitrogens with zero attached hydrogens (tertiary/aromatic N) is 1. The highest BCUT2D eigenvalue weighted by atomic mass is 14.7. The summed E-state index contributed by atoms with van der Waals surface area (Å²) in [5, 5.41) is 0. The van der Waals surface area contributed by atoms with Crippen LogP contribution in [-0.2, 0) is 0 Å². The Morgan fingerprint density at radius 1 is 1.31 bits per heavy atom. The molecule has 0 fully saturated rings. The minimum absolute atomic E-state index is 0.250. The van der Waals surface area contributed by atoms with E-state index in [2.05, 4.69) is 24.7 Å². The molecule has 0 rings (SSSR count). The number of aliphatic imine (C=N–C) groups is 1. The molecule has 0 aromatic rings. The second-order valence-electron chi connectivity index (χ2n) is 2.60. The summed E-state index contributed by atoms with van der Waals surface area (Å²) >= 11 is 0. The van der Waals surface area contributed by atoms with Crippen molar-refractivity contribution in [1.82, 2.24) is 0 Å². The van der Waals surface area contributed by atoms with Crippen LogP contribution >= 0.6 is 0 Å². The lowest BCUT2D eigenvalue weighted by molar-refractivity contribution is 0.827. The summed E-state index contributed by atoms with van der Waals surface area (Å²) in [5.74, 6) is 0.250. The van der Waals surface area contributed by atoms with E-state index in [1.54, 1.807) is 6.08 Å². The molecule has 0 amide bonds. The fraction of sp³-hybridized carbons (Fsp3) is 0.250. The fourth-order valence-corrected chi connectivity index (χ4v) is 0.812. The van der Waals surface area contributed by atoms with Crippen LogP contribution in [-0.4, -0.2) is 12.3 Å². The van der Waals surface area contributed by atoms with Crippen LogP contribution < -0.4 is 0 Å². The molecule has 0 atom stereocenters. The second-order valence-corrected chi connectivity index (χ2v) is 2.60. The van der Waals surface area contributed by atoms with E-state index in [1.807, 2.05) is 31.2 Å². The molecule has 0 radical (unpaired) electrons. The van der Waals surface area contributed by atoms with Gasteiger partial charge in [-0.25, -0.2) is 0 Å². The Kier molecular flexibility index (Phi) is 6.52. The molecule has 0 saturated carbocycles. The molecule has 0 unspecified atom stereocenters. The normalized spacial score (nSPS) is 12.0. The van der Waals surface area contributed by atoms with Crippen molar-refractivity contribution in [2.24, 2.45) is 10.9 Å². The highest BCUT2D eigenvalue weighted by Gasteiger charge is 1.95. The summed E-state index contributed by atoms with van der Waals surface area (Å²) in [6.45, 7) is 13.7. The van der Waals surface area contributed by atoms with Gasteiger partial charge in [-0.05, 0) is 19.1 Å². The Labute approximate surface area is 80.9 Å². The number of hydrogen-bond donors (Lipinski definition) is 0. The van der Waals surface area contributed by atoms with E-state index in [9.17, 15) is 0 Å². The van der Waals surface area contributed by atoms with Gasteiger partial charge in [0.25, 0.3) is 0 Å². The average molecular weight is 175 g/mol. The van der Waals surface area contributed by atoms with Crippen LogP contribution in [0.15, 0.2) is 55.1 Å². The number of rotatable bonds is 6. The Bertz CT molecular complexity index is 226. The molecule has 0 aliphatic carbocycles. The molecule has 0 aromatic carbocycles. The second kappa shape index (κ2) is 7.29. The SMILES string of the molecule is C=CC(/C=C/C)=NCC(C=C)C=C. The first-order valence-electron chi connectivity index (χ1n) is 4.33. The molecular formula is C12H17N. The first-order valence-corrected chi connectivity index (χ1v) is 4.33. The number of hydrogen-bond acceptors (Lipinski definition) is 1. The van der Waals surface area contributed by atoms with Crippen molar-refractivity contribution in [2.45, 2.75) is 6.92 Å². The van der Waals surface area contributed by atoms with Crippen LogP contribution in [0.3, 0.4) is 0 Å². The summed E-state index contributed by atoms with van der Waals surface area (Å²) in [5.41, 5.74) is 0.899. The lowest BCUT2D eigenvalue weighted by atomic mass is 10.1. The zero-order valence-electron chi connectivity index (χ0n) is 8.24. The molecule has 0 aliphatic rings. The Hall–Kier alpha value is -1.37. The third-order valence-electron chi connectivity index (χ3n) is 1.64. The van der Waals surface area contributed by atoms with Gasteiger partial charge in [-0.3, -0.25) is 4.99 Å². The maximum Gasteiger partial charge on any atom is 0.0565 e. The Morgan fingerprint density at radius 3 is 2.31 bits per heavy atom. The Morgan fingerprint density at radius 2 is 1.92 bits per heavy atom. The van der Waals surface area contributed by atoms with E-state index in [-0.39, 0.29) is 5.92 Å². The maximum atomic E-state index is 4.34. The average Bonchev–Trinajstić information content (AvgIpc) is 2.17. The zero-order valence-corrected chi connectivity index (χ0v) is 8.24. The molecular weight excluding hydrogens is 158 g/mol. The molecule has 0 N–H and O–H groups in total. The third kappa shape index (κ3) is 4.96. The van der Waals surface area contributed by atoms with E-state index < -0.39 is 0 Å². The van der Waals surface area contributed by atoms with E-state index in [0.717, 1.165) is 5.71 Å². The molecule has 1 nitrogen and oxygen atoms in total. The Balaban J connectivity index is 4.27. The van der Waals surface area contributed by atoms with Crippen molar-refractivity contribution in [3.8, 4) is 0 Å². The summed E-state index contributed by atoms with van der Waals surface area (Å²) in [6.07, 6.45) is 9.29. The quantitative estimate of drug-likeness (QED) is 0.434. The van der Waals surface area contributed by atoms with Gasteiger partial charge in [0.2, 0.25) is 0 Å². The summed E-state index contributed by atoms with van der Waals surface area (Å²) in [4.78, 5) is 4.34. The fourth-order valence-electron chi connectivity index (χ4n) is 0.812. The van der Waals surface area contributed by atoms with Crippen LogP contribution in [0.2, 0.25) is 0 Å². The predicted molar refractivity (Wildman–Crippen MR) is 61.2 cm³/mol. The molecule has 13 heavy (non-hydrogen) atoms. The van der Waals surface area contributed by atoms with Gasteiger partial charge in [-0.1, -0.05) is 24.8 Å². The predicted octanol–water partition coefficient (Wildman–Crippen LogP) is 3.18. The first-order chi connectivity index (χ1) is 6.28. The highest BCUT2D eigenvalue weighted by Crippen LogP contribution is 2.00. The lowest BCUT2D eigenvalue weighted by Crippen LogP contribution is -1.99. The van der Waals surface area contributed by atoms with Crippen molar-refractivity contribution < 1.29 is 0 Å². The standard InChI is InChI=1S/C12H17N/c1-5-9-12(8-4)13-10-11(6-2)7-3/h5-9,11H,2-4,10H2,1H3/b9-5+,13-12?. The van der Waals surface area contributed by atoms with Gasteiger partial charge in [-0.15, -0.1) is 13.2 Å². The molecule has 0 bridgehead atoms. The lowest BCUT2D eigenvalue weighted by Gasteiger charge is -2.01. The van der Waals surface area contributed by atoms with Crippen molar-refractivity contribution in [1.29, 1.82) is 0 Å². The van der Waals surface area contributed by atoms with Gasteiger partial charge in [0.1, 0.15) is 0 Å². The maximum absolute atomic E-state index is 4.34. The van der Waals surface area contributed by atoms with Gasteiger partial charge in [-0.2, -0.15) is 0 Å². The minimum atomic E-state index is 0.250. The number of allylic oxidation sites excluding steroid dienone is 3.